The number of carbonyl (C=O) groups is 1. The Kier molecular flexibility index (Phi) is 4.23. The van der Waals surface area contributed by atoms with Crippen LogP contribution in [0.5, 0.6) is 5.75 Å². The molecule has 0 saturated carbocycles. The van der Waals surface area contributed by atoms with Gasteiger partial charge in [0.1, 0.15) is 5.75 Å². The Balaban J connectivity index is 2.82. The van der Waals surface area contributed by atoms with E-state index < -0.39 is 11.3 Å². The molecule has 0 radical (unpaired) electrons. The molecule has 76 valence electrons. The molecule has 1 aromatic carbocycles. The maximum atomic E-state index is 10.7. The molecule has 14 heavy (non-hydrogen) atoms. The molecule has 1 unspecified atom stereocenters. The van der Waals surface area contributed by atoms with E-state index in [2.05, 4.69) is 15.9 Å². The summed E-state index contributed by atoms with van der Waals surface area (Å²) in [5, 5.41) is -0.117. The summed E-state index contributed by atoms with van der Waals surface area (Å²) in [4.78, 5) is 10.7. The highest BCUT2D eigenvalue weighted by Gasteiger charge is 2.13. The van der Waals surface area contributed by atoms with Crippen molar-refractivity contribution in [3.8, 4) is 5.75 Å². The van der Waals surface area contributed by atoms with Gasteiger partial charge in [-0.2, -0.15) is 0 Å². The van der Waals surface area contributed by atoms with E-state index >= 15 is 0 Å². The van der Waals surface area contributed by atoms with Crippen LogP contribution in [0, 0.1) is 0 Å². The van der Waals surface area contributed by atoms with Gasteiger partial charge in [0.25, 0.3) is 5.24 Å². The average Bonchev–Trinajstić information content (AvgIpc) is 2.09. The lowest BCUT2D eigenvalue weighted by atomic mass is 10.3. The number of rotatable bonds is 3. The van der Waals surface area contributed by atoms with Crippen LogP contribution in [-0.2, 0) is 4.79 Å². The second-order valence-electron chi connectivity index (χ2n) is 2.64. The van der Waals surface area contributed by atoms with Crippen LogP contribution in [0.15, 0.2) is 22.7 Å². The van der Waals surface area contributed by atoms with Crippen molar-refractivity contribution in [1.82, 2.24) is 0 Å². The Morgan fingerprint density at radius 2 is 2.21 bits per heavy atom. The Morgan fingerprint density at radius 1 is 1.57 bits per heavy atom. The Morgan fingerprint density at radius 3 is 2.71 bits per heavy atom. The van der Waals surface area contributed by atoms with E-state index in [1.807, 2.05) is 0 Å². The summed E-state index contributed by atoms with van der Waals surface area (Å²) in [6, 6.07) is 5.12. The fourth-order valence-electron chi connectivity index (χ4n) is 0.808. The zero-order valence-electron chi connectivity index (χ0n) is 7.26. The van der Waals surface area contributed by atoms with Crippen molar-refractivity contribution in [2.45, 2.75) is 13.0 Å². The molecule has 0 aliphatic carbocycles. The van der Waals surface area contributed by atoms with Gasteiger partial charge >= 0.3 is 0 Å². The highest BCUT2D eigenvalue weighted by Crippen LogP contribution is 2.28. The predicted octanol–water partition coefficient (Wildman–Crippen LogP) is 3.64. The maximum absolute atomic E-state index is 10.7. The number of halogens is 3. The van der Waals surface area contributed by atoms with Gasteiger partial charge in [0.2, 0.25) is 0 Å². The predicted molar refractivity (Wildman–Crippen MR) is 60.1 cm³/mol. The molecule has 0 spiro atoms. The van der Waals surface area contributed by atoms with E-state index in [-0.39, 0.29) is 0 Å². The second-order valence-corrected chi connectivity index (χ2v) is 4.33. The molecule has 1 aromatic rings. The smallest absolute Gasteiger partial charge is 0.262 e. The van der Waals surface area contributed by atoms with E-state index in [1.54, 1.807) is 25.1 Å². The zero-order valence-corrected chi connectivity index (χ0v) is 10.4. The van der Waals surface area contributed by atoms with E-state index in [0.29, 0.717) is 10.8 Å². The fraction of sp³-hybridized carbons (Fsp3) is 0.222. The van der Waals surface area contributed by atoms with Crippen molar-refractivity contribution in [3.05, 3.63) is 27.7 Å². The first-order valence-corrected chi connectivity index (χ1v) is 5.36. The molecule has 2 nitrogen and oxygen atoms in total. The van der Waals surface area contributed by atoms with Gasteiger partial charge in [-0.3, -0.25) is 4.79 Å². The van der Waals surface area contributed by atoms with Crippen LogP contribution in [0.2, 0.25) is 5.02 Å². The summed E-state index contributed by atoms with van der Waals surface area (Å²) in [5.74, 6) is 0.441. The lowest BCUT2D eigenvalue weighted by molar-refractivity contribution is -0.117. The van der Waals surface area contributed by atoms with Crippen LogP contribution in [-0.4, -0.2) is 11.3 Å². The quantitative estimate of drug-likeness (QED) is 0.796. The summed E-state index contributed by atoms with van der Waals surface area (Å²) >= 11 is 14.4. The number of benzene rings is 1. The molecule has 0 amide bonds. The summed E-state index contributed by atoms with van der Waals surface area (Å²) in [7, 11) is 0. The van der Waals surface area contributed by atoms with E-state index in [0.717, 1.165) is 4.47 Å². The fourth-order valence-corrected chi connectivity index (χ4v) is 1.57. The number of hydrogen-bond donors (Lipinski definition) is 0. The van der Waals surface area contributed by atoms with Crippen LogP contribution in [0.25, 0.3) is 0 Å². The largest absolute Gasteiger partial charge is 0.480 e. The summed E-state index contributed by atoms with van der Waals surface area (Å²) in [5.41, 5.74) is 0. The van der Waals surface area contributed by atoms with Crippen molar-refractivity contribution in [2.24, 2.45) is 0 Å². The molecular weight excluding hydrogens is 291 g/mol. The summed E-state index contributed by atoms with van der Waals surface area (Å²) in [6.07, 6.45) is -0.699. The minimum absolute atomic E-state index is 0.434. The Labute approximate surface area is 100 Å². The average molecular weight is 298 g/mol. The summed E-state index contributed by atoms with van der Waals surface area (Å²) < 4.78 is 6.07. The van der Waals surface area contributed by atoms with E-state index in [4.69, 9.17) is 27.9 Å². The van der Waals surface area contributed by atoms with Gasteiger partial charge in [-0.05, 0) is 36.7 Å². The highest BCUT2D eigenvalue weighted by molar-refractivity contribution is 9.10. The molecule has 1 atom stereocenters. The number of carbonyl (C=O) groups excluding carboxylic acids is 1. The van der Waals surface area contributed by atoms with Crippen LogP contribution in [0.3, 0.4) is 0 Å². The van der Waals surface area contributed by atoms with Crippen molar-refractivity contribution >= 4 is 44.4 Å². The van der Waals surface area contributed by atoms with Gasteiger partial charge in [0.05, 0.1) is 5.02 Å². The lowest BCUT2D eigenvalue weighted by Crippen LogP contribution is -2.18. The van der Waals surface area contributed by atoms with Gasteiger partial charge in [-0.15, -0.1) is 0 Å². The monoisotopic (exact) mass is 296 g/mol. The van der Waals surface area contributed by atoms with Crippen molar-refractivity contribution in [2.75, 3.05) is 0 Å². The third kappa shape index (κ3) is 3.15. The van der Waals surface area contributed by atoms with Crippen LogP contribution >= 0.6 is 39.1 Å². The van der Waals surface area contributed by atoms with Crippen LogP contribution < -0.4 is 4.74 Å². The van der Waals surface area contributed by atoms with Gasteiger partial charge in [-0.1, -0.05) is 27.5 Å². The highest BCUT2D eigenvalue weighted by atomic mass is 79.9. The van der Waals surface area contributed by atoms with Gasteiger partial charge in [-0.25, -0.2) is 0 Å². The molecule has 0 aliphatic heterocycles. The Hall–Kier alpha value is -0.250. The minimum Gasteiger partial charge on any atom is -0.480 e. The number of ether oxygens (including phenoxy) is 1. The molecule has 5 heteroatoms. The first-order valence-electron chi connectivity index (χ1n) is 3.81. The minimum atomic E-state index is -0.699. The molecule has 0 aromatic heterocycles. The van der Waals surface area contributed by atoms with Crippen molar-refractivity contribution in [1.29, 1.82) is 0 Å². The van der Waals surface area contributed by atoms with Crippen LogP contribution in [0.4, 0.5) is 0 Å². The SMILES string of the molecule is CC(Oc1ccc(Br)cc1Cl)C(=O)Cl. The second kappa shape index (κ2) is 5.01. The molecule has 0 aliphatic rings. The molecule has 0 N–H and O–H groups in total. The first kappa shape index (κ1) is 11.8. The number of hydrogen-bond acceptors (Lipinski definition) is 2. The molecule has 0 saturated heterocycles. The van der Waals surface area contributed by atoms with Gasteiger partial charge in [0, 0.05) is 4.47 Å². The van der Waals surface area contributed by atoms with Gasteiger partial charge < -0.3 is 4.74 Å². The van der Waals surface area contributed by atoms with E-state index in [1.165, 1.54) is 0 Å². The Bertz CT molecular complexity index is 355. The third-order valence-electron chi connectivity index (χ3n) is 1.52. The van der Waals surface area contributed by atoms with Gasteiger partial charge in [0.15, 0.2) is 6.10 Å². The molecule has 0 bridgehead atoms. The first-order chi connectivity index (χ1) is 6.50. The maximum Gasteiger partial charge on any atom is 0.262 e. The molecule has 0 heterocycles. The van der Waals surface area contributed by atoms with Crippen molar-refractivity contribution in [3.63, 3.8) is 0 Å². The third-order valence-corrected chi connectivity index (χ3v) is 2.61. The van der Waals surface area contributed by atoms with Crippen molar-refractivity contribution < 1.29 is 9.53 Å². The topological polar surface area (TPSA) is 26.3 Å². The lowest BCUT2D eigenvalue weighted by Gasteiger charge is -2.11. The molecule has 0 fully saturated rings. The molecular formula is C9H7BrCl2O2. The molecule has 1 rings (SSSR count). The standard InChI is InChI=1S/C9H7BrCl2O2/c1-5(9(12)13)14-8-3-2-6(10)4-7(8)11/h2-5H,1H3. The van der Waals surface area contributed by atoms with E-state index in [9.17, 15) is 4.79 Å². The zero-order chi connectivity index (χ0) is 10.7. The van der Waals surface area contributed by atoms with Crippen LogP contribution in [0.1, 0.15) is 6.92 Å². The summed E-state index contributed by atoms with van der Waals surface area (Å²) in [6.45, 7) is 1.56. The normalized spacial score (nSPS) is 12.3.